The Morgan fingerprint density at radius 1 is 1.21 bits per heavy atom. The second-order valence-electron chi connectivity index (χ2n) is 5.43. The summed E-state index contributed by atoms with van der Waals surface area (Å²) in [6.45, 7) is 2.09. The number of alkyl halides is 1. The maximum absolute atomic E-state index is 6.62. The summed E-state index contributed by atoms with van der Waals surface area (Å²) in [6, 6.07) is 9.61. The summed E-state index contributed by atoms with van der Waals surface area (Å²) < 4.78 is 12.3. The summed E-state index contributed by atoms with van der Waals surface area (Å²) in [7, 11) is 1.72. The smallest absolute Gasteiger partial charge is 0.240 e. The van der Waals surface area contributed by atoms with E-state index in [1.54, 1.807) is 18.4 Å². The number of rotatable bonds is 7. The van der Waals surface area contributed by atoms with E-state index in [0.717, 1.165) is 34.4 Å². The molecule has 3 rings (SSSR count). The number of methoxy groups -OCH3 is 1. The highest BCUT2D eigenvalue weighted by Crippen LogP contribution is 2.39. The number of aromatic nitrogens is 2. The zero-order valence-corrected chi connectivity index (χ0v) is 15.2. The third-order valence-electron chi connectivity index (χ3n) is 3.90. The molecule has 0 bridgehead atoms. The van der Waals surface area contributed by atoms with Crippen LogP contribution in [0.1, 0.15) is 30.7 Å². The molecule has 126 valence electrons. The highest BCUT2D eigenvalue weighted by molar-refractivity contribution is 7.17. The summed E-state index contributed by atoms with van der Waals surface area (Å²) >= 11 is 8.17. The fourth-order valence-corrected chi connectivity index (χ4v) is 3.97. The van der Waals surface area contributed by atoms with E-state index in [1.807, 2.05) is 35.7 Å². The van der Waals surface area contributed by atoms with E-state index in [9.17, 15) is 0 Å². The van der Waals surface area contributed by atoms with E-state index in [1.165, 1.54) is 6.33 Å². The number of thiophene rings is 1. The molecule has 6 heteroatoms. The minimum absolute atomic E-state index is 0.143. The predicted molar refractivity (Wildman–Crippen MR) is 98.2 cm³/mol. The van der Waals surface area contributed by atoms with Crippen LogP contribution >= 0.6 is 22.9 Å². The minimum atomic E-state index is -0.150. The number of hydrogen-bond acceptors (Lipinski definition) is 5. The van der Waals surface area contributed by atoms with Crippen molar-refractivity contribution < 1.29 is 9.47 Å². The molecule has 2 atom stereocenters. The van der Waals surface area contributed by atoms with Crippen molar-refractivity contribution in [2.24, 2.45) is 0 Å². The van der Waals surface area contributed by atoms with Crippen LogP contribution in [0.15, 0.2) is 42.0 Å². The van der Waals surface area contributed by atoms with Crippen molar-refractivity contribution in [1.29, 1.82) is 0 Å². The van der Waals surface area contributed by atoms with Crippen LogP contribution in [0.5, 0.6) is 11.6 Å². The molecule has 0 aliphatic carbocycles. The number of nitrogens with zero attached hydrogens (tertiary/aromatic N) is 2. The van der Waals surface area contributed by atoms with Gasteiger partial charge in [-0.2, -0.15) is 0 Å². The Morgan fingerprint density at radius 2 is 2.00 bits per heavy atom. The van der Waals surface area contributed by atoms with E-state index in [0.29, 0.717) is 5.88 Å². The van der Waals surface area contributed by atoms with Gasteiger partial charge in [-0.25, -0.2) is 9.97 Å². The summed E-state index contributed by atoms with van der Waals surface area (Å²) in [4.78, 5) is 8.69. The molecule has 2 heterocycles. The normalized spacial score (nSPS) is 13.8. The monoisotopic (exact) mass is 362 g/mol. The highest BCUT2D eigenvalue weighted by atomic mass is 35.5. The quantitative estimate of drug-likeness (QED) is 0.515. The van der Waals surface area contributed by atoms with Crippen LogP contribution < -0.4 is 4.74 Å². The molecule has 1 aromatic carbocycles. The molecule has 0 spiro atoms. The van der Waals surface area contributed by atoms with Crippen molar-refractivity contribution in [3.05, 3.63) is 47.6 Å². The average Bonchev–Trinajstić information content (AvgIpc) is 3.05. The van der Waals surface area contributed by atoms with Crippen molar-refractivity contribution in [2.75, 3.05) is 7.11 Å². The molecule has 0 N–H and O–H groups in total. The fraction of sp³-hybridized carbons (Fsp3) is 0.333. The number of para-hydroxylation sites is 1. The lowest BCUT2D eigenvalue weighted by molar-refractivity contribution is 0.0914. The SMILES string of the molecule is CC[C@H](CC(Cl)c1csc2c(Oc3ccccc3)ncnc12)OC. The van der Waals surface area contributed by atoms with Gasteiger partial charge in [0.25, 0.3) is 0 Å². The van der Waals surface area contributed by atoms with Gasteiger partial charge in [0.15, 0.2) is 0 Å². The van der Waals surface area contributed by atoms with E-state index in [-0.39, 0.29) is 11.5 Å². The molecule has 0 aliphatic rings. The molecule has 0 radical (unpaired) electrons. The molecular weight excluding hydrogens is 344 g/mol. The van der Waals surface area contributed by atoms with Gasteiger partial charge >= 0.3 is 0 Å². The Bertz CT molecular complexity index is 790. The Hall–Kier alpha value is -1.69. The van der Waals surface area contributed by atoms with Gasteiger partial charge in [0.05, 0.1) is 17.0 Å². The molecular formula is C18H19ClN2O2S. The van der Waals surface area contributed by atoms with Crippen LogP contribution in [-0.4, -0.2) is 23.2 Å². The lowest BCUT2D eigenvalue weighted by Gasteiger charge is -2.16. The minimum Gasteiger partial charge on any atom is -0.437 e. The second-order valence-corrected chi connectivity index (χ2v) is 6.84. The van der Waals surface area contributed by atoms with Gasteiger partial charge in [-0.05, 0) is 30.4 Å². The molecule has 24 heavy (non-hydrogen) atoms. The summed E-state index contributed by atoms with van der Waals surface area (Å²) in [6.07, 6.45) is 3.34. The van der Waals surface area contributed by atoms with E-state index < -0.39 is 0 Å². The topological polar surface area (TPSA) is 44.2 Å². The number of benzene rings is 1. The van der Waals surface area contributed by atoms with Crippen molar-refractivity contribution in [3.63, 3.8) is 0 Å². The number of fused-ring (bicyclic) bond motifs is 1. The molecule has 1 unspecified atom stereocenters. The third-order valence-corrected chi connectivity index (χ3v) is 5.29. The largest absolute Gasteiger partial charge is 0.437 e. The van der Waals surface area contributed by atoms with Gasteiger partial charge in [-0.3, -0.25) is 0 Å². The van der Waals surface area contributed by atoms with Crippen LogP contribution in [0, 0.1) is 0 Å². The lowest BCUT2D eigenvalue weighted by atomic mass is 10.1. The Balaban J connectivity index is 1.89. The summed E-state index contributed by atoms with van der Waals surface area (Å²) in [5.41, 5.74) is 1.86. The molecule has 0 aliphatic heterocycles. The van der Waals surface area contributed by atoms with Crippen molar-refractivity contribution >= 4 is 33.2 Å². The average molecular weight is 363 g/mol. The zero-order chi connectivity index (χ0) is 16.9. The predicted octanol–water partition coefficient (Wildman–Crippen LogP) is 5.58. The summed E-state index contributed by atoms with van der Waals surface area (Å²) in [5.74, 6) is 1.31. The Labute approximate surface area is 150 Å². The number of hydrogen-bond donors (Lipinski definition) is 0. The van der Waals surface area contributed by atoms with Crippen molar-refractivity contribution in [3.8, 4) is 11.6 Å². The van der Waals surface area contributed by atoms with Crippen LogP contribution in [0.4, 0.5) is 0 Å². The maximum Gasteiger partial charge on any atom is 0.240 e. The Kier molecular flexibility index (Phi) is 5.66. The van der Waals surface area contributed by atoms with Gasteiger partial charge in [0.1, 0.15) is 16.8 Å². The first-order valence-corrected chi connectivity index (χ1v) is 9.16. The van der Waals surface area contributed by atoms with Crippen molar-refractivity contribution in [1.82, 2.24) is 9.97 Å². The van der Waals surface area contributed by atoms with Crippen LogP contribution in [0.3, 0.4) is 0 Å². The first-order chi connectivity index (χ1) is 11.7. The van der Waals surface area contributed by atoms with Gasteiger partial charge in [0, 0.05) is 12.7 Å². The van der Waals surface area contributed by atoms with E-state index >= 15 is 0 Å². The Morgan fingerprint density at radius 3 is 2.71 bits per heavy atom. The standard InChI is InChI=1S/C18H19ClN2O2S/c1-3-12(22-2)9-15(19)14-10-24-17-16(14)20-11-21-18(17)23-13-7-5-4-6-8-13/h4-8,10-12,15H,3,9H2,1-2H3/t12-,15?/m1/s1. The summed E-state index contributed by atoms with van der Waals surface area (Å²) in [5, 5.41) is 1.89. The molecule has 2 aromatic heterocycles. The van der Waals surface area contributed by atoms with Crippen molar-refractivity contribution in [2.45, 2.75) is 31.2 Å². The highest BCUT2D eigenvalue weighted by Gasteiger charge is 2.20. The van der Waals surface area contributed by atoms with E-state index in [2.05, 4.69) is 16.9 Å². The van der Waals surface area contributed by atoms with E-state index in [4.69, 9.17) is 21.1 Å². The van der Waals surface area contributed by atoms with Gasteiger partial charge in [0.2, 0.25) is 5.88 Å². The molecule has 0 amide bonds. The molecule has 3 aromatic rings. The van der Waals surface area contributed by atoms with Gasteiger partial charge in [-0.1, -0.05) is 25.1 Å². The fourth-order valence-electron chi connectivity index (χ4n) is 2.53. The molecule has 0 fully saturated rings. The number of ether oxygens (including phenoxy) is 2. The van der Waals surface area contributed by atoms with Gasteiger partial charge < -0.3 is 9.47 Å². The van der Waals surface area contributed by atoms with Crippen LogP contribution in [-0.2, 0) is 4.74 Å². The molecule has 0 saturated heterocycles. The second kappa shape index (κ2) is 7.92. The first-order valence-electron chi connectivity index (χ1n) is 7.84. The lowest BCUT2D eigenvalue weighted by Crippen LogP contribution is -2.11. The number of halogens is 1. The first kappa shape index (κ1) is 17.1. The van der Waals surface area contributed by atoms with Crippen LogP contribution in [0.25, 0.3) is 10.2 Å². The van der Waals surface area contributed by atoms with Crippen LogP contribution in [0.2, 0.25) is 0 Å². The molecule has 4 nitrogen and oxygen atoms in total. The zero-order valence-electron chi connectivity index (χ0n) is 13.6. The third kappa shape index (κ3) is 3.69. The van der Waals surface area contributed by atoms with Gasteiger partial charge in [-0.15, -0.1) is 22.9 Å². The molecule has 0 saturated carbocycles. The maximum atomic E-state index is 6.62.